The Morgan fingerprint density at radius 2 is 2.03 bits per heavy atom. The highest BCUT2D eigenvalue weighted by Gasteiger charge is 2.51. The van der Waals surface area contributed by atoms with Gasteiger partial charge in [0.25, 0.3) is 5.91 Å². The number of benzene rings is 1. The molecule has 32 heavy (non-hydrogen) atoms. The van der Waals surface area contributed by atoms with Crippen LogP contribution in [0.5, 0.6) is 0 Å². The number of halogens is 1. The molecule has 172 valence electrons. The average molecular weight is 523 g/mol. The fourth-order valence-electron chi connectivity index (χ4n) is 3.73. The minimum absolute atomic E-state index is 0.0917. The number of aliphatic hydroxyl groups excluding tert-OH is 1. The van der Waals surface area contributed by atoms with Crippen LogP contribution in [-0.4, -0.2) is 57.4 Å². The predicted octanol–water partition coefficient (Wildman–Crippen LogP) is 3.14. The zero-order valence-corrected chi connectivity index (χ0v) is 20.5. The summed E-state index contributed by atoms with van der Waals surface area (Å²) in [5.41, 5.74) is -0.433. The van der Waals surface area contributed by atoms with E-state index in [1.807, 2.05) is 12.1 Å². The molecule has 2 atom stereocenters. The average Bonchev–Trinajstić information content (AvgIpc) is 3.31. The van der Waals surface area contributed by atoms with Gasteiger partial charge in [-0.1, -0.05) is 18.2 Å². The highest BCUT2D eigenvalue weighted by molar-refractivity contribution is 9.10. The van der Waals surface area contributed by atoms with Crippen LogP contribution in [0.4, 0.5) is 4.79 Å². The van der Waals surface area contributed by atoms with Crippen LogP contribution in [0.25, 0.3) is 0 Å². The van der Waals surface area contributed by atoms with E-state index in [1.54, 1.807) is 51.2 Å². The molecule has 0 saturated carbocycles. The van der Waals surface area contributed by atoms with Crippen molar-refractivity contribution in [3.63, 3.8) is 0 Å². The summed E-state index contributed by atoms with van der Waals surface area (Å²) in [4.78, 5) is 30.1. The third-order valence-electron chi connectivity index (χ3n) is 5.18. The Morgan fingerprint density at radius 1 is 1.34 bits per heavy atom. The maximum absolute atomic E-state index is 12.8. The van der Waals surface area contributed by atoms with Gasteiger partial charge in [0.15, 0.2) is 5.11 Å². The maximum Gasteiger partial charge on any atom is 0.410 e. The lowest BCUT2D eigenvalue weighted by molar-refractivity contribution is 0.0277. The van der Waals surface area contributed by atoms with E-state index in [0.29, 0.717) is 11.3 Å². The second kappa shape index (κ2) is 9.60. The molecule has 1 saturated heterocycles. The van der Waals surface area contributed by atoms with Crippen LogP contribution in [0, 0.1) is 5.92 Å². The van der Waals surface area contributed by atoms with Gasteiger partial charge in [-0.2, -0.15) is 0 Å². The number of aliphatic hydroxyl groups is 1. The van der Waals surface area contributed by atoms with E-state index in [4.69, 9.17) is 17.0 Å². The zero-order chi connectivity index (χ0) is 23.5. The van der Waals surface area contributed by atoms with E-state index in [0.717, 1.165) is 4.47 Å². The Hall–Kier alpha value is -2.43. The van der Waals surface area contributed by atoms with Gasteiger partial charge in [0.05, 0.1) is 13.2 Å². The molecule has 2 aromatic rings. The van der Waals surface area contributed by atoms with E-state index >= 15 is 0 Å². The quantitative estimate of drug-likeness (QED) is 0.459. The van der Waals surface area contributed by atoms with E-state index in [9.17, 15) is 14.7 Å². The number of likely N-dealkylation sites (tertiary alicyclic amines) is 1. The molecule has 1 aliphatic heterocycles. The molecule has 0 bridgehead atoms. The summed E-state index contributed by atoms with van der Waals surface area (Å²) in [5, 5.41) is 16.2. The van der Waals surface area contributed by atoms with Crippen LogP contribution < -0.4 is 10.6 Å². The topological polar surface area (TPSA) is 107 Å². The van der Waals surface area contributed by atoms with Crippen molar-refractivity contribution in [1.29, 1.82) is 0 Å². The number of ether oxygens (including phenoxy) is 1. The molecule has 0 spiro atoms. The standard InChI is InChI=1S/C22H27BrN4O4S/c1-21(2,3)31-20(30)27-11-15(12-28)22(13-27,17-9-16(23)10-24-17)26-19(32)25-18(29)14-7-5-4-6-8-14/h4-10,15,24,28H,11-13H2,1-3H3,(H2,25,26,29,32). The number of aromatic nitrogens is 1. The highest BCUT2D eigenvalue weighted by atomic mass is 79.9. The van der Waals surface area contributed by atoms with Gasteiger partial charge in [0.1, 0.15) is 11.1 Å². The van der Waals surface area contributed by atoms with Crippen LogP contribution in [0.3, 0.4) is 0 Å². The summed E-state index contributed by atoms with van der Waals surface area (Å²) < 4.78 is 6.34. The number of hydrogen-bond acceptors (Lipinski definition) is 5. The van der Waals surface area contributed by atoms with Gasteiger partial charge in [0, 0.05) is 34.4 Å². The van der Waals surface area contributed by atoms with Crippen LogP contribution >= 0.6 is 28.1 Å². The summed E-state index contributed by atoms with van der Waals surface area (Å²) in [5.74, 6) is -0.763. The Labute approximate surface area is 200 Å². The molecular weight excluding hydrogens is 496 g/mol. The second-order valence-electron chi connectivity index (χ2n) is 8.72. The first-order valence-electron chi connectivity index (χ1n) is 10.2. The molecule has 2 unspecified atom stereocenters. The molecule has 1 aromatic carbocycles. The Balaban J connectivity index is 1.87. The Morgan fingerprint density at radius 3 is 2.59 bits per heavy atom. The molecule has 2 heterocycles. The fraction of sp³-hybridized carbons (Fsp3) is 0.409. The molecule has 1 fully saturated rings. The minimum Gasteiger partial charge on any atom is -0.444 e. The Kier molecular flexibility index (Phi) is 7.26. The molecule has 0 radical (unpaired) electrons. The van der Waals surface area contributed by atoms with Gasteiger partial charge in [-0.15, -0.1) is 0 Å². The number of nitrogens with one attached hydrogen (secondary N) is 3. The summed E-state index contributed by atoms with van der Waals surface area (Å²) in [6.45, 7) is 5.62. The maximum atomic E-state index is 12.8. The van der Waals surface area contributed by atoms with Crippen molar-refractivity contribution in [1.82, 2.24) is 20.5 Å². The normalized spacial score (nSPS) is 20.7. The van der Waals surface area contributed by atoms with Crippen molar-refractivity contribution >= 4 is 45.3 Å². The van der Waals surface area contributed by atoms with E-state index < -0.39 is 23.2 Å². The molecule has 8 nitrogen and oxygen atoms in total. The fourth-order valence-corrected chi connectivity index (χ4v) is 4.35. The SMILES string of the molecule is CC(C)(C)OC(=O)N1CC(CO)C(NC(=S)NC(=O)c2ccccc2)(c2cc(Br)c[nH]2)C1. The van der Waals surface area contributed by atoms with Gasteiger partial charge < -0.3 is 25.0 Å². The number of carbonyl (C=O) groups excluding carboxylic acids is 2. The van der Waals surface area contributed by atoms with Crippen molar-refractivity contribution in [2.24, 2.45) is 5.92 Å². The van der Waals surface area contributed by atoms with Gasteiger partial charge in [-0.05, 0) is 67.1 Å². The van der Waals surface area contributed by atoms with E-state index in [2.05, 4.69) is 31.5 Å². The lowest BCUT2D eigenvalue weighted by Crippen LogP contribution is -2.56. The first kappa shape index (κ1) is 24.2. The second-order valence-corrected chi connectivity index (χ2v) is 10.0. The lowest BCUT2D eigenvalue weighted by Gasteiger charge is -2.35. The number of carbonyl (C=O) groups is 2. The van der Waals surface area contributed by atoms with Crippen LogP contribution in [0.15, 0.2) is 47.1 Å². The first-order chi connectivity index (χ1) is 15.0. The van der Waals surface area contributed by atoms with Crippen molar-refractivity contribution in [3.8, 4) is 0 Å². The lowest BCUT2D eigenvalue weighted by atomic mass is 9.84. The summed E-state index contributed by atoms with van der Waals surface area (Å²) in [6.07, 6.45) is 1.28. The van der Waals surface area contributed by atoms with Crippen molar-refractivity contribution in [2.45, 2.75) is 31.9 Å². The predicted molar refractivity (Wildman–Crippen MR) is 128 cm³/mol. The summed E-state index contributed by atoms with van der Waals surface area (Å²) in [7, 11) is 0. The molecule has 1 aromatic heterocycles. The minimum atomic E-state index is -0.960. The molecule has 4 N–H and O–H groups in total. The van der Waals surface area contributed by atoms with Gasteiger partial charge in [-0.25, -0.2) is 4.79 Å². The third-order valence-corrected chi connectivity index (χ3v) is 5.84. The smallest absolute Gasteiger partial charge is 0.410 e. The largest absolute Gasteiger partial charge is 0.444 e. The molecule has 10 heteroatoms. The van der Waals surface area contributed by atoms with Crippen LogP contribution in [-0.2, 0) is 10.3 Å². The van der Waals surface area contributed by atoms with Gasteiger partial charge in [0.2, 0.25) is 0 Å². The number of aromatic amines is 1. The van der Waals surface area contributed by atoms with Crippen molar-refractivity contribution in [3.05, 3.63) is 58.3 Å². The van der Waals surface area contributed by atoms with Crippen LogP contribution in [0.2, 0.25) is 0 Å². The van der Waals surface area contributed by atoms with Crippen molar-refractivity contribution < 1.29 is 19.4 Å². The third kappa shape index (κ3) is 5.48. The number of thiocarbonyl (C=S) groups is 1. The van der Waals surface area contributed by atoms with E-state index in [1.165, 1.54) is 4.90 Å². The molecule has 3 rings (SSSR count). The highest BCUT2D eigenvalue weighted by Crippen LogP contribution is 2.38. The molecule has 0 aliphatic carbocycles. The van der Waals surface area contributed by atoms with Crippen molar-refractivity contribution in [2.75, 3.05) is 19.7 Å². The number of hydrogen-bond donors (Lipinski definition) is 4. The van der Waals surface area contributed by atoms with Gasteiger partial charge >= 0.3 is 6.09 Å². The summed E-state index contributed by atoms with van der Waals surface area (Å²) in [6, 6.07) is 10.6. The summed E-state index contributed by atoms with van der Waals surface area (Å²) >= 11 is 8.89. The molecule has 1 aliphatic rings. The first-order valence-corrected chi connectivity index (χ1v) is 11.4. The Bertz CT molecular complexity index is 991. The monoisotopic (exact) mass is 522 g/mol. The van der Waals surface area contributed by atoms with E-state index in [-0.39, 0.29) is 30.7 Å². The molecule has 2 amide bonds. The number of nitrogens with zero attached hydrogens (tertiary/aromatic N) is 1. The van der Waals surface area contributed by atoms with Gasteiger partial charge in [-0.3, -0.25) is 10.1 Å². The van der Waals surface area contributed by atoms with Crippen LogP contribution in [0.1, 0.15) is 36.8 Å². The molecular formula is C22H27BrN4O4S. The zero-order valence-electron chi connectivity index (χ0n) is 18.1. The number of rotatable bonds is 4. The number of amides is 2. The number of H-pyrrole nitrogens is 1.